The molecular formula is C23H24N2O2S. The van der Waals surface area contributed by atoms with Gasteiger partial charge in [0.15, 0.2) is 0 Å². The first kappa shape index (κ1) is 20.0. The van der Waals surface area contributed by atoms with E-state index in [1.165, 1.54) is 5.56 Å². The first-order valence-electron chi connectivity index (χ1n) is 9.25. The maximum Gasteiger partial charge on any atom is 0.233 e. The van der Waals surface area contributed by atoms with E-state index in [1.807, 2.05) is 67.6 Å². The van der Waals surface area contributed by atoms with Gasteiger partial charge >= 0.3 is 0 Å². The van der Waals surface area contributed by atoms with E-state index in [-0.39, 0.29) is 11.2 Å². The van der Waals surface area contributed by atoms with E-state index in [0.717, 1.165) is 16.9 Å². The minimum atomic E-state index is -0.115. The number of carbonyl (C=O) groups is 1. The molecule has 0 saturated carbocycles. The minimum absolute atomic E-state index is 0.0319. The molecule has 1 atom stereocenters. The van der Waals surface area contributed by atoms with Crippen LogP contribution in [-0.4, -0.2) is 16.1 Å². The maximum absolute atomic E-state index is 12.4. The van der Waals surface area contributed by atoms with Crippen molar-refractivity contribution in [1.82, 2.24) is 10.3 Å². The number of thioether (sulfide) groups is 1. The summed E-state index contributed by atoms with van der Waals surface area (Å²) in [5.74, 6) is 1.41. The van der Waals surface area contributed by atoms with E-state index in [4.69, 9.17) is 4.74 Å². The van der Waals surface area contributed by atoms with Gasteiger partial charge in [-0.1, -0.05) is 60.7 Å². The van der Waals surface area contributed by atoms with Gasteiger partial charge in [0.2, 0.25) is 11.8 Å². The Morgan fingerprint density at radius 3 is 2.39 bits per heavy atom. The van der Waals surface area contributed by atoms with Crippen LogP contribution in [0.25, 0.3) is 0 Å². The number of rotatable bonds is 9. The number of amides is 1. The van der Waals surface area contributed by atoms with Crippen molar-refractivity contribution in [1.29, 1.82) is 0 Å². The fourth-order valence-corrected chi connectivity index (χ4v) is 3.44. The highest BCUT2D eigenvalue weighted by atomic mass is 32.2. The molecule has 144 valence electrons. The van der Waals surface area contributed by atoms with Gasteiger partial charge in [-0.25, -0.2) is 4.98 Å². The van der Waals surface area contributed by atoms with E-state index in [1.54, 1.807) is 18.0 Å². The van der Waals surface area contributed by atoms with Crippen LogP contribution in [0.3, 0.4) is 0 Å². The van der Waals surface area contributed by atoms with Gasteiger partial charge in [0, 0.05) is 24.6 Å². The second-order valence-corrected chi connectivity index (χ2v) is 7.76. The fourth-order valence-electron chi connectivity index (χ4n) is 2.57. The summed E-state index contributed by atoms with van der Waals surface area (Å²) in [6.45, 7) is 2.86. The van der Waals surface area contributed by atoms with Crippen LogP contribution in [0.4, 0.5) is 0 Å². The molecule has 1 aromatic heterocycles. The molecule has 0 fully saturated rings. The number of pyridine rings is 1. The quantitative estimate of drug-likeness (QED) is 0.578. The molecule has 5 heteroatoms. The van der Waals surface area contributed by atoms with Crippen LogP contribution in [0.1, 0.15) is 23.6 Å². The molecule has 0 aliphatic rings. The zero-order valence-electron chi connectivity index (χ0n) is 15.9. The third-order valence-electron chi connectivity index (χ3n) is 4.21. The van der Waals surface area contributed by atoms with E-state index >= 15 is 0 Å². The van der Waals surface area contributed by atoms with E-state index in [2.05, 4.69) is 22.4 Å². The number of aromatic nitrogens is 1. The predicted molar refractivity (Wildman–Crippen MR) is 114 cm³/mol. The van der Waals surface area contributed by atoms with Crippen LogP contribution < -0.4 is 10.1 Å². The third kappa shape index (κ3) is 6.43. The van der Waals surface area contributed by atoms with Gasteiger partial charge in [-0.3, -0.25) is 4.79 Å². The number of carbonyl (C=O) groups excluding carboxylic acids is 1. The van der Waals surface area contributed by atoms with Gasteiger partial charge in [-0.15, -0.1) is 11.8 Å². The fraction of sp³-hybridized carbons (Fsp3) is 0.217. The Labute approximate surface area is 170 Å². The number of benzene rings is 2. The molecule has 3 rings (SSSR count). The molecule has 0 radical (unpaired) electrons. The second kappa shape index (κ2) is 10.5. The summed E-state index contributed by atoms with van der Waals surface area (Å²) >= 11 is 1.63. The topological polar surface area (TPSA) is 51.2 Å². The number of nitrogens with zero attached hydrogens (tertiary/aromatic N) is 1. The monoisotopic (exact) mass is 392 g/mol. The first-order chi connectivity index (χ1) is 13.7. The Morgan fingerprint density at radius 2 is 1.68 bits per heavy atom. The van der Waals surface area contributed by atoms with Gasteiger partial charge in [0.1, 0.15) is 6.61 Å². The van der Waals surface area contributed by atoms with Gasteiger partial charge < -0.3 is 10.1 Å². The van der Waals surface area contributed by atoms with E-state index in [9.17, 15) is 4.79 Å². The lowest BCUT2D eigenvalue weighted by atomic mass is 10.2. The maximum atomic E-state index is 12.4. The zero-order valence-corrected chi connectivity index (χ0v) is 16.7. The van der Waals surface area contributed by atoms with Crippen LogP contribution in [0.5, 0.6) is 5.88 Å². The Balaban J connectivity index is 1.45. The van der Waals surface area contributed by atoms with Crippen molar-refractivity contribution in [3.05, 3.63) is 95.7 Å². The summed E-state index contributed by atoms with van der Waals surface area (Å²) in [6, 6.07) is 23.9. The molecule has 4 nitrogen and oxygen atoms in total. The van der Waals surface area contributed by atoms with Crippen molar-refractivity contribution in [3.63, 3.8) is 0 Å². The number of hydrogen-bond donors (Lipinski definition) is 1. The third-order valence-corrected chi connectivity index (χ3v) is 5.42. The number of nitrogens with one attached hydrogen (secondary N) is 1. The summed E-state index contributed by atoms with van der Waals surface area (Å²) in [4.78, 5) is 16.6. The molecule has 28 heavy (non-hydrogen) atoms. The lowest BCUT2D eigenvalue weighted by Gasteiger charge is -2.12. The molecule has 1 N–H and O–H groups in total. The van der Waals surface area contributed by atoms with Crippen molar-refractivity contribution in [2.24, 2.45) is 0 Å². The summed E-state index contributed by atoms with van der Waals surface area (Å²) < 4.78 is 5.75. The molecule has 2 aromatic carbocycles. The van der Waals surface area contributed by atoms with Crippen molar-refractivity contribution in [2.75, 3.05) is 0 Å². The van der Waals surface area contributed by atoms with Crippen molar-refractivity contribution in [2.45, 2.75) is 31.1 Å². The molecule has 0 aliphatic heterocycles. The lowest BCUT2D eigenvalue weighted by Crippen LogP contribution is -2.30. The second-order valence-electron chi connectivity index (χ2n) is 6.43. The highest BCUT2D eigenvalue weighted by Gasteiger charge is 2.13. The minimum Gasteiger partial charge on any atom is -0.473 e. The Morgan fingerprint density at radius 1 is 1.00 bits per heavy atom. The normalized spacial score (nSPS) is 11.6. The molecule has 0 bridgehead atoms. The van der Waals surface area contributed by atoms with Gasteiger partial charge in [-0.2, -0.15) is 0 Å². The molecule has 0 saturated heterocycles. The largest absolute Gasteiger partial charge is 0.473 e. The summed E-state index contributed by atoms with van der Waals surface area (Å²) in [5.41, 5.74) is 3.28. The highest BCUT2D eigenvalue weighted by Crippen LogP contribution is 2.18. The number of hydrogen-bond acceptors (Lipinski definition) is 4. The predicted octanol–water partition coefficient (Wildman–Crippen LogP) is 4.60. The molecule has 0 spiro atoms. The summed E-state index contributed by atoms with van der Waals surface area (Å²) in [5, 5.41) is 2.88. The van der Waals surface area contributed by atoms with E-state index in [0.29, 0.717) is 19.0 Å². The van der Waals surface area contributed by atoms with Crippen molar-refractivity contribution >= 4 is 17.7 Å². The summed E-state index contributed by atoms with van der Waals surface area (Å²) in [7, 11) is 0. The van der Waals surface area contributed by atoms with Crippen LogP contribution in [0.2, 0.25) is 0 Å². The highest BCUT2D eigenvalue weighted by molar-refractivity contribution is 7.99. The average Bonchev–Trinajstić information content (AvgIpc) is 2.76. The SMILES string of the molecule is CC(SCc1ccccc1)C(=O)NCc1ccnc(OCc2ccccc2)c1. The Kier molecular flexibility index (Phi) is 7.50. The zero-order chi connectivity index (χ0) is 19.6. The van der Waals surface area contributed by atoms with Crippen molar-refractivity contribution in [3.8, 4) is 5.88 Å². The summed E-state index contributed by atoms with van der Waals surface area (Å²) in [6.07, 6.45) is 1.70. The smallest absolute Gasteiger partial charge is 0.233 e. The molecule has 1 unspecified atom stereocenters. The van der Waals surface area contributed by atoms with Crippen LogP contribution in [0, 0.1) is 0 Å². The van der Waals surface area contributed by atoms with Crippen LogP contribution in [-0.2, 0) is 23.7 Å². The first-order valence-corrected chi connectivity index (χ1v) is 10.3. The van der Waals surface area contributed by atoms with Crippen LogP contribution >= 0.6 is 11.8 Å². The average molecular weight is 393 g/mol. The Hall–Kier alpha value is -2.79. The molecule has 3 aromatic rings. The molecule has 1 amide bonds. The van der Waals surface area contributed by atoms with Crippen molar-refractivity contribution < 1.29 is 9.53 Å². The standard InChI is InChI=1S/C23H24N2O2S/c1-18(28-17-20-10-6-3-7-11-20)23(26)25-15-21-12-13-24-22(14-21)27-16-19-8-4-2-5-9-19/h2-14,18H,15-17H2,1H3,(H,25,26). The molecule has 0 aliphatic carbocycles. The van der Waals surface area contributed by atoms with Gasteiger partial charge in [0.25, 0.3) is 0 Å². The molecular weight excluding hydrogens is 368 g/mol. The van der Waals surface area contributed by atoms with Gasteiger partial charge in [-0.05, 0) is 29.7 Å². The van der Waals surface area contributed by atoms with Gasteiger partial charge in [0.05, 0.1) is 5.25 Å². The molecule has 1 heterocycles. The van der Waals surface area contributed by atoms with Crippen LogP contribution in [0.15, 0.2) is 79.0 Å². The number of ether oxygens (including phenoxy) is 1. The lowest BCUT2D eigenvalue weighted by molar-refractivity contribution is -0.120. The Bertz CT molecular complexity index is 872. The van der Waals surface area contributed by atoms with E-state index < -0.39 is 0 Å².